The van der Waals surface area contributed by atoms with Gasteiger partial charge in [-0.3, -0.25) is 12.8 Å². The summed E-state index contributed by atoms with van der Waals surface area (Å²) in [5.74, 6) is 0.215. The summed E-state index contributed by atoms with van der Waals surface area (Å²) in [6.45, 7) is 10.6. The van der Waals surface area contributed by atoms with E-state index in [2.05, 4.69) is 0 Å². The molecule has 0 aliphatic heterocycles. The molecule has 5 heteroatoms. The second kappa shape index (κ2) is 13.9. The van der Waals surface area contributed by atoms with Crippen LogP contribution in [-0.4, -0.2) is 23.1 Å². The Morgan fingerprint density at radius 2 is 0.952 bits per heavy atom. The fourth-order valence-electron chi connectivity index (χ4n) is 1.38. The van der Waals surface area contributed by atoms with E-state index in [-0.39, 0.29) is 40.2 Å². The van der Waals surface area contributed by atoms with Gasteiger partial charge in [0.2, 0.25) is 0 Å². The van der Waals surface area contributed by atoms with Crippen molar-refractivity contribution in [1.29, 1.82) is 0 Å². The average molecular weight is 346 g/mol. The number of hydrogen-bond donors (Lipinski definition) is 0. The Bertz CT molecular complexity index is 312. The van der Waals surface area contributed by atoms with E-state index in [4.69, 9.17) is 0 Å². The summed E-state index contributed by atoms with van der Waals surface area (Å²) in [6.07, 6.45) is 3.25. The molecule has 0 aliphatic carbocycles. The van der Waals surface area contributed by atoms with Crippen LogP contribution in [0.1, 0.15) is 54.4 Å². The van der Waals surface area contributed by atoms with Crippen LogP contribution in [0.3, 0.4) is 0 Å². The van der Waals surface area contributed by atoms with Crippen LogP contribution in [0.2, 0.25) is 0 Å². The minimum absolute atomic E-state index is 0. The van der Waals surface area contributed by atoms with Crippen LogP contribution in [-0.2, 0) is 36.2 Å². The van der Waals surface area contributed by atoms with E-state index in [0.29, 0.717) is 24.7 Å². The summed E-state index contributed by atoms with van der Waals surface area (Å²) in [5.41, 5.74) is 0. The molecule has 4 nitrogen and oxygen atoms in total. The number of Topliss-reactive ketones (excluding diaryl/α,β-unsaturated/α-hetero) is 4. The van der Waals surface area contributed by atoms with Crippen molar-refractivity contribution in [2.24, 2.45) is 11.8 Å². The maximum atomic E-state index is 10.8. The van der Waals surface area contributed by atoms with E-state index < -0.39 is 0 Å². The summed E-state index contributed by atoms with van der Waals surface area (Å²) < 4.78 is 0. The maximum absolute atomic E-state index is 10.8. The Morgan fingerprint density at radius 3 is 1.10 bits per heavy atom. The molecule has 0 aromatic rings. The smallest absolute Gasteiger partial charge is 0.334 e. The molecule has 125 valence electrons. The third-order valence-corrected chi connectivity index (χ3v) is 1.95. The number of rotatable bonds is 8. The standard InChI is InChI=1S/2C8H13O2.Cu/c2*1-6(2)4-8(10)5-7(3)9;/h2*5-6H,4H2,1-3H3;/q2*-1;+2. The van der Waals surface area contributed by atoms with Gasteiger partial charge in [0.1, 0.15) is 0 Å². The summed E-state index contributed by atoms with van der Waals surface area (Å²) in [4.78, 5) is 42.3. The molecular formula is C16H26CuO4. The fraction of sp³-hybridized carbons (Fsp3) is 0.625. The molecule has 0 spiro atoms. The van der Waals surface area contributed by atoms with Crippen molar-refractivity contribution in [2.45, 2.75) is 54.4 Å². The van der Waals surface area contributed by atoms with Crippen molar-refractivity contribution < 1.29 is 36.2 Å². The summed E-state index contributed by atoms with van der Waals surface area (Å²) in [6, 6.07) is 0. The van der Waals surface area contributed by atoms with Crippen molar-refractivity contribution in [3.05, 3.63) is 12.8 Å². The molecule has 0 bridgehead atoms. The first kappa shape index (κ1) is 24.9. The van der Waals surface area contributed by atoms with Crippen LogP contribution >= 0.6 is 0 Å². The number of carbonyl (C=O) groups is 4. The van der Waals surface area contributed by atoms with Crippen LogP contribution in [0.25, 0.3) is 0 Å². The third kappa shape index (κ3) is 24.3. The van der Waals surface area contributed by atoms with Gasteiger partial charge in [0.25, 0.3) is 0 Å². The molecule has 0 unspecified atom stereocenters. The minimum Gasteiger partial charge on any atom is -0.334 e. The van der Waals surface area contributed by atoms with Gasteiger partial charge in [0.15, 0.2) is 0 Å². The van der Waals surface area contributed by atoms with E-state index >= 15 is 0 Å². The molecule has 0 amide bonds. The van der Waals surface area contributed by atoms with Gasteiger partial charge in [-0.05, 0) is 38.5 Å². The van der Waals surface area contributed by atoms with Crippen molar-refractivity contribution in [3.8, 4) is 0 Å². The Morgan fingerprint density at radius 1 is 0.714 bits per heavy atom. The van der Waals surface area contributed by atoms with Crippen LogP contribution in [0, 0.1) is 24.7 Å². The van der Waals surface area contributed by atoms with Gasteiger partial charge in [-0.2, -0.15) is 0 Å². The molecule has 0 atom stereocenters. The van der Waals surface area contributed by atoms with Crippen molar-refractivity contribution >= 4 is 23.1 Å². The first-order valence-electron chi connectivity index (χ1n) is 6.80. The summed E-state index contributed by atoms with van der Waals surface area (Å²) in [5, 5.41) is 0. The van der Waals surface area contributed by atoms with Crippen LogP contribution < -0.4 is 0 Å². The molecule has 0 saturated carbocycles. The van der Waals surface area contributed by atoms with Crippen molar-refractivity contribution in [3.63, 3.8) is 0 Å². The number of ketones is 4. The molecule has 1 radical (unpaired) electrons. The topological polar surface area (TPSA) is 68.3 Å². The molecule has 21 heavy (non-hydrogen) atoms. The normalized spacial score (nSPS) is 9.14. The number of hydrogen-bond acceptors (Lipinski definition) is 4. The van der Waals surface area contributed by atoms with Gasteiger partial charge in [-0.15, -0.1) is 0 Å². The van der Waals surface area contributed by atoms with Crippen molar-refractivity contribution in [1.82, 2.24) is 0 Å². The zero-order valence-electron chi connectivity index (χ0n) is 13.7. The van der Waals surface area contributed by atoms with Gasteiger partial charge in [-0.1, -0.05) is 27.7 Å². The zero-order valence-corrected chi connectivity index (χ0v) is 14.6. The molecule has 0 aromatic carbocycles. The molecule has 0 fully saturated rings. The zero-order chi connectivity index (χ0) is 16.3. The van der Waals surface area contributed by atoms with E-state index in [1.165, 1.54) is 13.8 Å². The number of carbonyl (C=O) groups excluding carboxylic acids is 4. The Balaban J connectivity index is -0.000000295. The van der Waals surface area contributed by atoms with E-state index in [0.717, 1.165) is 12.8 Å². The van der Waals surface area contributed by atoms with Gasteiger partial charge in [0, 0.05) is 23.1 Å². The first-order chi connectivity index (χ1) is 9.04. The summed E-state index contributed by atoms with van der Waals surface area (Å²) in [7, 11) is 0. The van der Waals surface area contributed by atoms with Gasteiger partial charge in [-0.25, -0.2) is 0 Å². The van der Waals surface area contributed by atoms with Gasteiger partial charge in [0.05, 0.1) is 0 Å². The summed E-state index contributed by atoms with van der Waals surface area (Å²) >= 11 is 0. The SMILES string of the molecule is CC(=O)[CH-]C(=O)CC(C)C.CC(=O)[CH-]C(=O)CC(C)C.[Cu+2]. The van der Waals surface area contributed by atoms with E-state index in [1.807, 2.05) is 27.7 Å². The third-order valence-electron chi connectivity index (χ3n) is 1.95. The molecule has 0 rings (SSSR count). The first-order valence-corrected chi connectivity index (χ1v) is 6.80. The molecule has 0 heterocycles. The molecule has 0 aromatic heterocycles. The Labute approximate surface area is 138 Å². The average Bonchev–Trinajstić information content (AvgIpc) is 2.11. The predicted molar refractivity (Wildman–Crippen MR) is 78.9 cm³/mol. The second-order valence-corrected chi connectivity index (χ2v) is 5.64. The van der Waals surface area contributed by atoms with Gasteiger partial charge >= 0.3 is 17.1 Å². The minimum atomic E-state index is -0.161. The van der Waals surface area contributed by atoms with Gasteiger partial charge < -0.3 is 19.2 Å². The maximum Gasteiger partial charge on any atom is 2.00 e. The molecule has 0 aliphatic rings. The van der Waals surface area contributed by atoms with Crippen LogP contribution in [0.5, 0.6) is 0 Å². The molecule has 0 N–H and O–H groups in total. The monoisotopic (exact) mass is 345 g/mol. The molecular weight excluding hydrogens is 320 g/mol. The second-order valence-electron chi connectivity index (χ2n) is 5.64. The largest absolute Gasteiger partial charge is 2.00 e. The molecule has 0 saturated heterocycles. The van der Waals surface area contributed by atoms with Crippen molar-refractivity contribution in [2.75, 3.05) is 0 Å². The fourth-order valence-corrected chi connectivity index (χ4v) is 1.38. The predicted octanol–water partition coefficient (Wildman–Crippen LogP) is 2.79. The Hall–Kier alpha value is -1.06. The Kier molecular flexibility index (Phi) is 16.5. The quantitative estimate of drug-likeness (QED) is 0.385. The van der Waals surface area contributed by atoms with E-state index in [1.54, 1.807) is 0 Å². The van der Waals surface area contributed by atoms with Crippen LogP contribution in [0.4, 0.5) is 0 Å². The van der Waals surface area contributed by atoms with Crippen LogP contribution in [0.15, 0.2) is 0 Å². The van der Waals surface area contributed by atoms with E-state index in [9.17, 15) is 19.2 Å².